The molecule has 0 saturated heterocycles. The summed E-state index contributed by atoms with van der Waals surface area (Å²) in [6.07, 6.45) is 1.93. The van der Waals surface area contributed by atoms with E-state index in [-0.39, 0.29) is 22.9 Å². The Hall–Kier alpha value is -3.67. The number of carboxylic acids is 1. The maximum absolute atomic E-state index is 12.9. The van der Waals surface area contributed by atoms with Crippen molar-refractivity contribution < 1.29 is 24.6 Å². The van der Waals surface area contributed by atoms with Gasteiger partial charge in [-0.3, -0.25) is 9.59 Å². The molecule has 2 aromatic rings. The summed E-state index contributed by atoms with van der Waals surface area (Å²) >= 11 is 0. The second-order valence-corrected chi connectivity index (χ2v) is 7.78. The molecule has 0 radical (unpaired) electrons. The molecule has 2 aromatic carbocycles. The van der Waals surface area contributed by atoms with Crippen molar-refractivity contribution in [2.24, 2.45) is 0 Å². The van der Waals surface area contributed by atoms with Crippen LogP contribution in [-0.4, -0.2) is 27.7 Å². The predicted molar refractivity (Wildman–Crippen MR) is 109 cm³/mol. The molecule has 0 amide bonds. The lowest BCUT2D eigenvalue weighted by Crippen LogP contribution is -2.30. The van der Waals surface area contributed by atoms with Gasteiger partial charge in [0.25, 0.3) is 0 Å². The fraction of sp³-hybridized carbons (Fsp3) is 0.208. The Morgan fingerprint density at radius 2 is 1.33 bits per heavy atom. The third-order valence-corrected chi connectivity index (χ3v) is 6.12. The molecule has 5 rings (SSSR count). The number of aromatic hydroxyl groups is 1. The third kappa shape index (κ3) is 2.68. The van der Waals surface area contributed by atoms with E-state index in [0.717, 1.165) is 22.6 Å². The second-order valence-electron chi connectivity index (χ2n) is 7.78. The number of carbonyl (C=O) groups excluding carboxylic acids is 2. The average Bonchev–Trinajstić information content (AvgIpc) is 3.31. The van der Waals surface area contributed by atoms with Gasteiger partial charge in [-0.15, -0.1) is 0 Å². The summed E-state index contributed by atoms with van der Waals surface area (Å²) in [4.78, 5) is 39.1. The SMILES string of the molecule is O=C1CCC2=C1C(c1ccc(O)cc1)C1=C(CCC1=O)N2c1ccc(C(=O)O)cc1. The topological polar surface area (TPSA) is 94.9 Å². The molecule has 6 nitrogen and oxygen atoms in total. The van der Waals surface area contributed by atoms with E-state index < -0.39 is 11.9 Å². The van der Waals surface area contributed by atoms with E-state index in [4.69, 9.17) is 0 Å². The molecule has 0 saturated carbocycles. The van der Waals surface area contributed by atoms with Crippen LogP contribution in [0.25, 0.3) is 0 Å². The number of hydrogen-bond donors (Lipinski definition) is 2. The Balaban J connectivity index is 1.70. The van der Waals surface area contributed by atoms with Crippen LogP contribution in [0.1, 0.15) is 47.5 Å². The van der Waals surface area contributed by atoms with Crippen molar-refractivity contribution in [3.8, 4) is 5.75 Å². The molecule has 0 atom stereocenters. The van der Waals surface area contributed by atoms with Gasteiger partial charge in [0.15, 0.2) is 11.6 Å². The number of phenolic OH excluding ortho intramolecular Hbond substituents is 1. The highest BCUT2D eigenvalue weighted by Gasteiger charge is 2.45. The highest BCUT2D eigenvalue weighted by molar-refractivity contribution is 6.09. The van der Waals surface area contributed by atoms with Crippen LogP contribution in [0.5, 0.6) is 5.75 Å². The monoisotopic (exact) mass is 401 g/mol. The number of allylic oxidation sites excluding steroid dienone is 4. The Morgan fingerprint density at radius 3 is 1.83 bits per heavy atom. The first-order valence-corrected chi connectivity index (χ1v) is 9.90. The Morgan fingerprint density at radius 1 is 0.800 bits per heavy atom. The quantitative estimate of drug-likeness (QED) is 0.809. The molecule has 6 heteroatoms. The molecular weight excluding hydrogens is 382 g/mol. The normalized spacial score (nSPS) is 18.9. The fourth-order valence-corrected chi connectivity index (χ4v) is 4.82. The summed E-state index contributed by atoms with van der Waals surface area (Å²) < 4.78 is 0. The predicted octanol–water partition coefficient (Wildman–Crippen LogP) is 3.93. The molecule has 2 N–H and O–H groups in total. The van der Waals surface area contributed by atoms with E-state index in [1.807, 2.05) is 4.90 Å². The number of hydrogen-bond acceptors (Lipinski definition) is 5. The van der Waals surface area contributed by atoms with E-state index in [9.17, 15) is 24.6 Å². The number of anilines is 1. The van der Waals surface area contributed by atoms with Crippen molar-refractivity contribution in [2.75, 3.05) is 4.90 Å². The molecule has 0 fully saturated rings. The second kappa shape index (κ2) is 6.69. The van der Waals surface area contributed by atoms with Gasteiger partial charge in [0.1, 0.15) is 5.75 Å². The van der Waals surface area contributed by atoms with E-state index in [1.165, 1.54) is 12.1 Å². The first-order chi connectivity index (χ1) is 14.5. The van der Waals surface area contributed by atoms with Crippen molar-refractivity contribution in [1.29, 1.82) is 0 Å². The van der Waals surface area contributed by atoms with Crippen LogP contribution in [-0.2, 0) is 9.59 Å². The fourth-order valence-electron chi connectivity index (χ4n) is 4.82. The zero-order chi connectivity index (χ0) is 21.0. The van der Waals surface area contributed by atoms with Gasteiger partial charge in [-0.05, 0) is 54.8 Å². The maximum Gasteiger partial charge on any atom is 0.335 e. The molecule has 3 aliphatic rings. The summed E-state index contributed by atoms with van der Waals surface area (Å²) in [6.45, 7) is 0. The molecule has 150 valence electrons. The summed E-state index contributed by atoms with van der Waals surface area (Å²) in [5.74, 6) is -1.23. The van der Waals surface area contributed by atoms with Crippen LogP contribution in [0.4, 0.5) is 5.69 Å². The average molecular weight is 401 g/mol. The molecule has 0 aromatic heterocycles. The number of Topliss-reactive ketones (excluding diaryl/α,β-unsaturated/α-hetero) is 2. The van der Waals surface area contributed by atoms with Crippen molar-refractivity contribution in [3.63, 3.8) is 0 Å². The standard InChI is InChI=1S/C24H19NO5/c26-16-7-3-13(4-8-16)21-22-17(9-11-19(22)27)25(18-10-12-20(28)23(18)21)15-5-1-14(2-6-15)24(29)30/h1-8,21,26H,9-12H2,(H,29,30). The minimum absolute atomic E-state index is 0.0291. The van der Waals surface area contributed by atoms with Crippen LogP contribution in [0, 0.1) is 0 Å². The van der Waals surface area contributed by atoms with Crippen LogP contribution in [0.3, 0.4) is 0 Å². The first kappa shape index (κ1) is 18.4. The number of nitrogens with zero attached hydrogens (tertiary/aromatic N) is 1. The zero-order valence-electron chi connectivity index (χ0n) is 16.1. The van der Waals surface area contributed by atoms with Crippen molar-refractivity contribution in [1.82, 2.24) is 0 Å². The minimum atomic E-state index is -1.00. The number of benzene rings is 2. The van der Waals surface area contributed by atoms with Crippen molar-refractivity contribution in [2.45, 2.75) is 31.6 Å². The summed E-state index contributed by atoms with van der Waals surface area (Å²) in [6, 6.07) is 13.2. The van der Waals surface area contributed by atoms with Crippen LogP contribution in [0.2, 0.25) is 0 Å². The number of phenols is 1. The summed E-state index contributed by atoms with van der Waals surface area (Å²) in [5, 5.41) is 18.9. The van der Waals surface area contributed by atoms with E-state index in [0.29, 0.717) is 36.8 Å². The van der Waals surface area contributed by atoms with Crippen LogP contribution >= 0.6 is 0 Å². The highest BCUT2D eigenvalue weighted by Crippen LogP contribution is 2.52. The molecule has 0 bridgehead atoms. The number of carbonyl (C=O) groups is 3. The molecule has 1 aliphatic heterocycles. The largest absolute Gasteiger partial charge is 0.508 e. The van der Waals surface area contributed by atoms with Gasteiger partial charge in [0, 0.05) is 47.0 Å². The van der Waals surface area contributed by atoms with Crippen LogP contribution < -0.4 is 4.90 Å². The van der Waals surface area contributed by atoms with Gasteiger partial charge in [0.05, 0.1) is 5.56 Å². The van der Waals surface area contributed by atoms with Gasteiger partial charge in [0.2, 0.25) is 0 Å². The van der Waals surface area contributed by atoms with Gasteiger partial charge >= 0.3 is 5.97 Å². The van der Waals surface area contributed by atoms with Crippen molar-refractivity contribution in [3.05, 3.63) is 82.2 Å². The highest BCUT2D eigenvalue weighted by atomic mass is 16.4. The van der Waals surface area contributed by atoms with Gasteiger partial charge < -0.3 is 15.1 Å². The third-order valence-electron chi connectivity index (χ3n) is 6.12. The number of carboxylic acid groups (broad SMARTS) is 1. The number of aromatic carboxylic acids is 1. The maximum atomic E-state index is 12.9. The zero-order valence-corrected chi connectivity index (χ0v) is 16.1. The van der Waals surface area contributed by atoms with Gasteiger partial charge in [-0.1, -0.05) is 12.1 Å². The summed E-state index contributed by atoms with van der Waals surface area (Å²) in [5.41, 5.74) is 4.80. The number of rotatable bonds is 3. The summed E-state index contributed by atoms with van der Waals surface area (Å²) in [7, 11) is 0. The Labute approximate surface area is 172 Å². The molecule has 0 unspecified atom stereocenters. The lowest BCUT2D eigenvalue weighted by molar-refractivity contribution is -0.115. The smallest absolute Gasteiger partial charge is 0.335 e. The van der Waals surface area contributed by atoms with Gasteiger partial charge in [-0.25, -0.2) is 4.79 Å². The first-order valence-electron chi connectivity index (χ1n) is 9.90. The molecule has 0 spiro atoms. The van der Waals surface area contributed by atoms with Crippen molar-refractivity contribution >= 4 is 23.2 Å². The van der Waals surface area contributed by atoms with Crippen LogP contribution in [0.15, 0.2) is 71.1 Å². The molecule has 30 heavy (non-hydrogen) atoms. The molecule has 1 heterocycles. The number of ketones is 2. The van der Waals surface area contributed by atoms with Gasteiger partial charge in [-0.2, -0.15) is 0 Å². The minimum Gasteiger partial charge on any atom is -0.508 e. The van der Waals surface area contributed by atoms with E-state index in [2.05, 4.69) is 0 Å². The Bertz CT molecular complexity index is 1110. The van der Waals surface area contributed by atoms with E-state index in [1.54, 1.807) is 36.4 Å². The molecule has 2 aliphatic carbocycles. The molecular formula is C24H19NO5. The van der Waals surface area contributed by atoms with E-state index >= 15 is 0 Å². The Kier molecular flexibility index (Phi) is 4.10. The lowest BCUT2D eigenvalue weighted by Gasteiger charge is -2.36. The lowest BCUT2D eigenvalue weighted by atomic mass is 9.79.